The number of hydrogen-bond acceptors (Lipinski definition) is 4. The molecule has 0 saturated carbocycles. The van der Waals surface area contributed by atoms with E-state index in [-0.39, 0.29) is 22.7 Å². The van der Waals surface area contributed by atoms with Gasteiger partial charge in [-0.3, -0.25) is 0 Å². The van der Waals surface area contributed by atoms with Crippen molar-refractivity contribution in [1.29, 1.82) is 0 Å². The first-order chi connectivity index (χ1) is 12.9. The van der Waals surface area contributed by atoms with E-state index < -0.39 is 55.3 Å². The first-order valence-corrected chi connectivity index (χ1v) is 9.17. The van der Waals surface area contributed by atoms with Crippen LogP contribution in [0.2, 0.25) is 5.02 Å². The van der Waals surface area contributed by atoms with Crippen LogP contribution >= 0.6 is 11.6 Å². The number of hydrogen-bond donors (Lipinski definition) is 1. The summed E-state index contributed by atoms with van der Waals surface area (Å²) in [5.41, 5.74) is -2.24. The molecule has 0 aliphatic carbocycles. The third-order valence-electron chi connectivity index (χ3n) is 3.65. The van der Waals surface area contributed by atoms with Crippen molar-refractivity contribution < 1.29 is 34.9 Å². The minimum absolute atomic E-state index is 0.0390. The molecular formula is C16H8ClF5N2O3S. The van der Waals surface area contributed by atoms with E-state index >= 15 is 0 Å². The van der Waals surface area contributed by atoms with Crippen molar-refractivity contribution in [3.63, 3.8) is 0 Å². The second kappa shape index (κ2) is 6.83. The highest BCUT2D eigenvalue weighted by Crippen LogP contribution is 2.44. The van der Waals surface area contributed by atoms with Crippen molar-refractivity contribution >= 4 is 21.6 Å². The molecule has 0 saturated heterocycles. The van der Waals surface area contributed by atoms with Gasteiger partial charge in [0, 0.05) is 16.1 Å². The van der Waals surface area contributed by atoms with Crippen LogP contribution in [0.3, 0.4) is 0 Å². The third kappa shape index (κ3) is 3.73. The second-order valence-electron chi connectivity index (χ2n) is 5.55. The van der Waals surface area contributed by atoms with Crippen molar-refractivity contribution in [2.24, 2.45) is 5.14 Å². The maximum absolute atomic E-state index is 14.5. The van der Waals surface area contributed by atoms with E-state index in [0.717, 1.165) is 0 Å². The van der Waals surface area contributed by atoms with Gasteiger partial charge in [-0.25, -0.2) is 22.3 Å². The van der Waals surface area contributed by atoms with Crippen LogP contribution < -0.4 is 5.14 Å². The third-order valence-corrected chi connectivity index (χ3v) is 4.81. The molecule has 3 rings (SSSR count). The molecule has 1 heterocycles. The fraction of sp³-hybridized carbons (Fsp3) is 0.0625. The molecule has 5 nitrogen and oxygen atoms in total. The molecule has 0 aliphatic rings. The maximum atomic E-state index is 14.5. The number of nitrogens with two attached hydrogens (primary N) is 1. The van der Waals surface area contributed by atoms with Crippen LogP contribution in [0.5, 0.6) is 0 Å². The van der Waals surface area contributed by atoms with Gasteiger partial charge < -0.3 is 4.52 Å². The molecule has 12 heteroatoms. The van der Waals surface area contributed by atoms with Crippen molar-refractivity contribution in [3.05, 3.63) is 58.8 Å². The average Bonchev–Trinajstić information content (AvgIpc) is 3.00. The van der Waals surface area contributed by atoms with Crippen LogP contribution in [0.15, 0.2) is 45.8 Å². The van der Waals surface area contributed by atoms with Gasteiger partial charge in [0.05, 0.1) is 5.56 Å². The zero-order chi connectivity index (χ0) is 20.9. The van der Waals surface area contributed by atoms with Gasteiger partial charge in [-0.2, -0.15) is 13.2 Å². The highest BCUT2D eigenvalue weighted by molar-refractivity contribution is 7.89. The molecular weight excluding hydrogens is 431 g/mol. The summed E-state index contributed by atoms with van der Waals surface area (Å²) in [6, 6.07) is 5.90. The lowest BCUT2D eigenvalue weighted by Gasteiger charge is -2.10. The minimum Gasteiger partial charge on any atom is -0.350 e. The predicted octanol–water partition coefficient (Wildman–Crippen LogP) is 4.61. The average molecular weight is 439 g/mol. The van der Waals surface area contributed by atoms with Gasteiger partial charge in [0.15, 0.2) is 0 Å². The number of halogens is 6. The topological polar surface area (TPSA) is 86.2 Å². The van der Waals surface area contributed by atoms with E-state index in [1.54, 1.807) is 0 Å². The number of nitrogens with zero attached hydrogens (tertiary/aromatic N) is 1. The molecule has 0 amide bonds. The van der Waals surface area contributed by atoms with Crippen molar-refractivity contribution in [3.8, 4) is 22.4 Å². The Balaban J connectivity index is 2.35. The van der Waals surface area contributed by atoms with Gasteiger partial charge in [-0.1, -0.05) is 28.9 Å². The quantitative estimate of drug-likeness (QED) is 0.605. The summed E-state index contributed by atoms with van der Waals surface area (Å²) in [7, 11) is -4.64. The first kappa shape index (κ1) is 20.2. The van der Waals surface area contributed by atoms with Crippen LogP contribution in [0.1, 0.15) is 5.76 Å². The van der Waals surface area contributed by atoms with E-state index in [9.17, 15) is 30.4 Å². The smallest absolute Gasteiger partial charge is 0.350 e. The minimum atomic E-state index is -5.10. The molecule has 2 aromatic carbocycles. The van der Waals surface area contributed by atoms with Gasteiger partial charge in [-0.15, -0.1) is 0 Å². The Morgan fingerprint density at radius 3 is 2.32 bits per heavy atom. The number of aromatic nitrogens is 1. The summed E-state index contributed by atoms with van der Waals surface area (Å²) >= 11 is 5.82. The molecule has 1 aromatic heterocycles. The van der Waals surface area contributed by atoms with Crippen LogP contribution in [-0.2, 0) is 16.2 Å². The number of alkyl halides is 3. The van der Waals surface area contributed by atoms with Gasteiger partial charge in [0.1, 0.15) is 22.2 Å². The van der Waals surface area contributed by atoms with Crippen LogP contribution in [0.4, 0.5) is 22.0 Å². The van der Waals surface area contributed by atoms with Gasteiger partial charge in [0.2, 0.25) is 15.8 Å². The van der Waals surface area contributed by atoms with E-state index in [1.165, 1.54) is 24.3 Å². The fourth-order valence-corrected chi connectivity index (χ4v) is 3.29. The Hall–Kier alpha value is -2.50. The lowest BCUT2D eigenvalue weighted by atomic mass is 9.98. The molecule has 28 heavy (non-hydrogen) atoms. The highest BCUT2D eigenvalue weighted by Gasteiger charge is 2.42. The monoisotopic (exact) mass is 438 g/mol. The molecule has 0 fully saturated rings. The van der Waals surface area contributed by atoms with E-state index in [0.29, 0.717) is 0 Å². The zero-order valence-corrected chi connectivity index (χ0v) is 15.0. The Morgan fingerprint density at radius 2 is 1.75 bits per heavy atom. The summed E-state index contributed by atoms with van der Waals surface area (Å²) in [6.45, 7) is 0. The SMILES string of the molecule is NS(=O)(=O)c1cc(F)c(-c2c(-c3cccc(Cl)c3)noc2C(F)(F)F)cc1F. The molecule has 3 aromatic rings. The van der Waals surface area contributed by atoms with Crippen molar-refractivity contribution in [2.45, 2.75) is 11.1 Å². The van der Waals surface area contributed by atoms with Gasteiger partial charge in [0.25, 0.3) is 0 Å². The molecule has 2 N–H and O–H groups in total. The maximum Gasteiger partial charge on any atom is 0.453 e. The Morgan fingerprint density at radius 1 is 1.07 bits per heavy atom. The summed E-state index contributed by atoms with van der Waals surface area (Å²) in [6.07, 6.45) is -5.10. The van der Waals surface area contributed by atoms with Crippen molar-refractivity contribution in [2.75, 3.05) is 0 Å². The molecule has 0 unspecified atom stereocenters. The molecule has 148 valence electrons. The van der Waals surface area contributed by atoms with E-state index in [2.05, 4.69) is 9.68 Å². The largest absolute Gasteiger partial charge is 0.453 e. The lowest BCUT2D eigenvalue weighted by molar-refractivity contribution is -0.154. The Bertz CT molecular complexity index is 1180. The highest BCUT2D eigenvalue weighted by atomic mass is 35.5. The Labute approximate surface area is 159 Å². The number of benzene rings is 2. The van der Waals surface area contributed by atoms with E-state index in [1.807, 2.05) is 0 Å². The number of sulfonamides is 1. The summed E-state index contributed by atoms with van der Waals surface area (Å²) in [5.74, 6) is -4.70. The zero-order valence-electron chi connectivity index (χ0n) is 13.4. The lowest BCUT2D eigenvalue weighted by Crippen LogP contribution is -2.15. The molecule has 0 bridgehead atoms. The van der Waals surface area contributed by atoms with Crippen LogP contribution in [0, 0.1) is 11.6 Å². The van der Waals surface area contributed by atoms with Gasteiger partial charge in [-0.05, 0) is 24.3 Å². The molecule has 0 spiro atoms. The molecule has 0 radical (unpaired) electrons. The molecule has 0 atom stereocenters. The molecule has 0 aliphatic heterocycles. The summed E-state index contributed by atoms with van der Waals surface area (Å²) in [4.78, 5) is -1.21. The fourth-order valence-electron chi connectivity index (χ4n) is 2.50. The van der Waals surface area contributed by atoms with Crippen LogP contribution in [-0.4, -0.2) is 13.6 Å². The normalized spacial score (nSPS) is 12.4. The predicted molar refractivity (Wildman–Crippen MR) is 88.7 cm³/mol. The Kier molecular flexibility index (Phi) is 4.94. The first-order valence-electron chi connectivity index (χ1n) is 7.24. The summed E-state index contributed by atoms with van der Waals surface area (Å²) < 4.78 is 95.7. The second-order valence-corrected chi connectivity index (χ2v) is 7.52. The summed E-state index contributed by atoms with van der Waals surface area (Å²) in [5, 5.41) is 8.25. The van der Waals surface area contributed by atoms with Crippen molar-refractivity contribution in [1.82, 2.24) is 5.16 Å². The van der Waals surface area contributed by atoms with Crippen LogP contribution in [0.25, 0.3) is 22.4 Å². The number of primary sulfonamides is 1. The standard InChI is InChI=1S/C16H8ClF5N2O3S/c17-8-3-1-2-7(4-8)14-13(15(27-24-14)16(20,21)22)9-5-11(19)12(6-10(9)18)28(23,25)26/h1-6H,(H2,23,25,26). The number of rotatable bonds is 3. The van der Waals surface area contributed by atoms with Gasteiger partial charge >= 0.3 is 6.18 Å². The van der Waals surface area contributed by atoms with E-state index in [4.69, 9.17) is 16.7 Å².